The van der Waals surface area contributed by atoms with Crippen LogP contribution in [0.2, 0.25) is 0 Å². The number of hydrogen-bond acceptors (Lipinski definition) is 2. The lowest BCUT2D eigenvalue weighted by molar-refractivity contribution is -0.151. The monoisotopic (exact) mass is 250 g/mol. The third-order valence-corrected chi connectivity index (χ3v) is 2.73. The zero-order chi connectivity index (χ0) is 10.3. The number of alkyl halides is 1. The quantitative estimate of drug-likeness (QED) is 0.412. The van der Waals surface area contributed by atoms with Crippen molar-refractivity contribution in [3.8, 4) is 0 Å². The standard InChI is InChI=1S/C10H19BrO2/c1-10(2,9(12)13-3)7-5-4-6-8-11/h4-8H2,1-3H3. The molecule has 0 aromatic carbocycles. The van der Waals surface area contributed by atoms with Crippen LogP contribution in [0.1, 0.15) is 39.5 Å². The Labute approximate surface area is 89.2 Å². The highest BCUT2D eigenvalue weighted by atomic mass is 79.9. The van der Waals surface area contributed by atoms with E-state index in [1.54, 1.807) is 0 Å². The van der Waals surface area contributed by atoms with E-state index in [-0.39, 0.29) is 11.4 Å². The van der Waals surface area contributed by atoms with Crippen molar-refractivity contribution in [3.05, 3.63) is 0 Å². The predicted molar refractivity (Wildman–Crippen MR) is 58.1 cm³/mol. The second-order valence-electron chi connectivity index (χ2n) is 3.88. The molecule has 78 valence electrons. The molecule has 0 heterocycles. The molecule has 0 rings (SSSR count). The number of hydrogen-bond donors (Lipinski definition) is 0. The molecule has 0 saturated carbocycles. The van der Waals surface area contributed by atoms with Gasteiger partial charge in [0, 0.05) is 5.33 Å². The lowest BCUT2D eigenvalue weighted by Gasteiger charge is -2.20. The van der Waals surface area contributed by atoms with Crippen molar-refractivity contribution in [1.82, 2.24) is 0 Å². The van der Waals surface area contributed by atoms with Crippen molar-refractivity contribution < 1.29 is 9.53 Å². The van der Waals surface area contributed by atoms with Crippen LogP contribution in [-0.2, 0) is 9.53 Å². The van der Waals surface area contributed by atoms with Crippen LogP contribution in [0.4, 0.5) is 0 Å². The molecule has 0 aromatic heterocycles. The molecule has 0 atom stereocenters. The van der Waals surface area contributed by atoms with E-state index in [0.717, 1.165) is 18.2 Å². The molecular weight excluding hydrogens is 232 g/mol. The first-order valence-electron chi connectivity index (χ1n) is 4.69. The van der Waals surface area contributed by atoms with Gasteiger partial charge in [-0.15, -0.1) is 0 Å². The molecular formula is C10H19BrO2. The molecule has 0 aliphatic rings. The van der Waals surface area contributed by atoms with Crippen molar-refractivity contribution in [1.29, 1.82) is 0 Å². The molecule has 0 aliphatic carbocycles. The van der Waals surface area contributed by atoms with Gasteiger partial charge >= 0.3 is 5.97 Å². The molecule has 0 fully saturated rings. The average Bonchev–Trinajstić information content (AvgIpc) is 2.11. The fourth-order valence-electron chi connectivity index (χ4n) is 1.22. The highest BCUT2D eigenvalue weighted by molar-refractivity contribution is 9.09. The molecule has 0 spiro atoms. The smallest absolute Gasteiger partial charge is 0.311 e. The summed E-state index contributed by atoms with van der Waals surface area (Å²) in [6, 6.07) is 0. The maximum Gasteiger partial charge on any atom is 0.311 e. The van der Waals surface area contributed by atoms with Crippen molar-refractivity contribution in [2.24, 2.45) is 5.41 Å². The molecule has 0 bridgehead atoms. The molecule has 3 heteroatoms. The molecule has 0 aromatic rings. The van der Waals surface area contributed by atoms with Crippen LogP contribution in [0.25, 0.3) is 0 Å². The zero-order valence-electron chi connectivity index (χ0n) is 8.73. The summed E-state index contributed by atoms with van der Waals surface area (Å²) in [6.45, 7) is 3.87. The fourth-order valence-corrected chi connectivity index (χ4v) is 1.61. The highest BCUT2D eigenvalue weighted by Gasteiger charge is 2.27. The Morgan fingerprint density at radius 3 is 2.38 bits per heavy atom. The Morgan fingerprint density at radius 1 is 1.31 bits per heavy atom. The Hall–Kier alpha value is -0.0500. The summed E-state index contributed by atoms with van der Waals surface area (Å²) in [6.07, 6.45) is 4.35. The normalized spacial score (nSPS) is 11.4. The van der Waals surface area contributed by atoms with E-state index in [0.29, 0.717) is 0 Å². The maximum absolute atomic E-state index is 11.3. The first-order valence-corrected chi connectivity index (χ1v) is 5.81. The second kappa shape index (κ2) is 6.41. The summed E-state index contributed by atoms with van der Waals surface area (Å²) in [5.74, 6) is -0.105. The van der Waals surface area contributed by atoms with E-state index >= 15 is 0 Å². The Morgan fingerprint density at radius 2 is 1.92 bits per heavy atom. The summed E-state index contributed by atoms with van der Waals surface area (Å²) in [7, 11) is 1.45. The van der Waals surface area contributed by atoms with Crippen LogP contribution in [0.3, 0.4) is 0 Å². The predicted octanol–water partition coefficient (Wildman–Crippen LogP) is 3.14. The van der Waals surface area contributed by atoms with Gasteiger partial charge in [0.2, 0.25) is 0 Å². The van der Waals surface area contributed by atoms with E-state index in [1.165, 1.54) is 20.0 Å². The molecule has 0 radical (unpaired) electrons. The largest absolute Gasteiger partial charge is 0.469 e. The minimum Gasteiger partial charge on any atom is -0.469 e. The fraction of sp³-hybridized carbons (Fsp3) is 0.900. The third kappa shape index (κ3) is 5.29. The summed E-state index contributed by atoms with van der Waals surface area (Å²) in [5.41, 5.74) is -0.318. The van der Waals surface area contributed by atoms with Gasteiger partial charge in [0.15, 0.2) is 0 Å². The van der Waals surface area contributed by atoms with Crippen molar-refractivity contribution in [2.75, 3.05) is 12.4 Å². The first kappa shape index (κ1) is 12.9. The molecule has 0 unspecified atom stereocenters. The zero-order valence-corrected chi connectivity index (χ0v) is 10.3. The topological polar surface area (TPSA) is 26.3 Å². The van der Waals surface area contributed by atoms with E-state index in [1.807, 2.05) is 13.8 Å². The summed E-state index contributed by atoms with van der Waals surface area (Å²) in [4.78, 5) is 11.3. The first-order chi connectivity index (χ1) is 6.04. The number of methoxy groups -OCH3 is 1. The molecule has 2 nitrogen and oxygen atoms in total. The highest BCUT2D eigenvalue weighted by Crippen LogP contribution is 2.25. The Kier molecular flexibility index (Phi) is 6.39. The number of esters is 1. The number of unbranched alkanes of at least 4 members (excludes halogenated alkanes) is 2. The van der Waals surface area contributed by atoms with Crippen molar-refractivity contribution in [2.45, 2.75) is 39.5 Å². The minimum atomic E-state index is -0.318. The van der Waals surface area contributed by atoms with E-state index < -0.39 is 0 Å². The summed E-state index contributed by atoms with van der Waals surface area (Å²) < 4.78 is 4.72. The Balaban J connectivity index is 3.69. The molecule has 13 heavy (non-hydrogen) atoms. The second-order valence-corrected chi connectivity index (χ2v) is 4.67. The maximum atomic E-state index is 11.3. The van der Waals surface area contributed by atoms with Crippen LogP contribution < -0.4 is 0 Å². The van der Waals surface area contributed by atoms with E-state index in [9.17, 15) is 4.79 Å². The van der Waals surface area contributed by atoms with Gasteiger partial charge < -0.3 is 4.74 Å². The van der Waals surface area contributed by atoms with Crippen molar-refractivity contribution in [3.63, 3.8) is 0 Å². The third-order valence-electron chi connectivity index (χ3n) is 2.17. The minimum absolute atomic E-state index is 0.105. The lowest BCUT2D eigenvalue weighted by Crippen LogP contribution is -2.25. The van der Waals surface area contributed by atoms with Crippen LogP contribution in [0.5, 0.6) is 0 Å². The molecule has 0 aliphatic heterocycles. The van der Waals surface area contributed by atoms with Gasteiger partial charge in [0.05, 0.1) is 12.5 Å². The number of carbonyl (C=O) groups excluding carboxylic acids is 1. The number of rotatable bonds is 6. The number of halogens is 1. The molecule has 0 N–H and O–H groups in total. The van der Waals surface area contributed by atoms with Crippen LogP contribution in [-0.4, -0.2) is 18.4 Å². The van der Waals surface area contributed by atoms with Gasteiger partial charge in [-0.25, -0.2) is 0 Å². The van der Waals surface area contributed by atoms with Gasteiger partial charge in [-0.3, -0.25) is 4.79 Å². The SMILES string of the molecule is COC(=O)C(C)(C)CCCCCBr. The lowest BCUT2D eigenvalue weighted by atomic mass is 9.87. The van der Waals surface area contributed by atoms with Gasteiger partial charge in [0.1, 0.15) is 0 Å². The number of carbonyl (C=O) groups is 1. The van der Waals surface area contributed by atoms with Gasteiger partial charge in [0.25, 0.3) is 0 Å². The van der Waals surface area contributed by atoms with Crippen molar-refractivity contribution >= 4 is 21.9 Å². The van der Waals surface area contributed by atoms with E-state index in [2.05, 4.69) is 15.9 Å². The average molecular weight is 251 g/mol. The van der Waals surface area contributed by atoms with Crippen LogP contribution in [0.15, 0.2) is 0 Å². The Bertz CT molecular complexity index is 155. The molecule has 0 saturated heterocycles. The van der Waals surface area contributed by atoms with Gasteiger partial charge in [-0.1, -0.05) is 28.8 Å². The van der Waals surface area contributed by atoms with Crippen LogP contribution >= 0.6 is 15.9 Å². The van der Waals surface area contributed by atoms with Crippen LogP contribution in [0, 0.1) is 5.41 Å². The van der Waals surface area contributed by atoms with E-state index in [4.69, 9.17) is 4.74 Å². The summed E-state index contributed by atoms with van der Waals surface area (Å²) >= 11 is 3.38. The summed E-state index contributed by atoms with van der Waals surface area (Å²) in [5, 5.41) is 1.05. The van der Waals surface area contributed by atoms with Gasteiger partial charge in [-0.2, -0.15) is 0 Å². The number of ether oxygens (including phenoxy) is 1. The van der Waals surface area contributed by atoms with Gasteiger partial charge in [-0.05, 0) is 26.7 Å². The molecule has 0 amide bonds.